The number of benzene rings is 1. The topological polar surface area (TPSA) is 63.2 Å². The third kappa shape index (κ3) is 2.85. The third-order valence-corrected chi connectivity index (χ3v) is 3.97. The number of ether oxygens (including phenoxy) is 1. The second-order valence-electron chi connectivity index (χ2n) is 5.48. The Morgan fingerprint density at radius 3 is 2.79 bits per heavy atom. The molecule has 1 fully saturated rings. The summed E-state index contributed by atoms with van der Waals surface area (Å²) in [5.41, 5.74) is 1.55. The molecule has 2 aromatic heterocycles. The van der Waals surface area contributed by atoms with Crippen LogP contribution < -0.4 is 10.2 Å². The molecule has 0 aliphatic carbocycles. The van der Waals surface area contributed by atoms with Crippen LogP contribution in [0.1, 0.15) is 0 Å². The summed E-state index contributed by atoms with van der Waals surface area (Å²) in [4.78, 5) is 15.1. The van der Waals surface area contributed by atoms with Gasteiger partial charge < -0.3 is 15.0 Å². The predicted molar refractivity (Wildman–Crippen MR) is 90.0 cm³/mol. The lowest BCUT2D eigenvalue weighted by atomic mass is 10.2. The SMILES string of the molecule is Fc1ccc2c(Nc3ncccc3N3CCOCC3)ncnc2c1. The number of aromatic nitrogens is 3. The van der Waals surface area contributed by atoms with Crippen molar-refractivity contribution in [3.63, 3.8) is 0 Å². The first-order chi connectivity index (χ1) is 11.8. The van der Waals surface area contributed by atoms with Crippen molar-refractivity contribution < 1.29 is 9.13 Å². The largest absolute Gasteiger partial charge is 0.378 e. The molecule has 0 unspecified atom stereocenters. The van der Waals surface area contributed by atoms with E-state index in [2.05, 4.69) is 25.2 Å². The summed E-state index contributed by atoms with van der Waals surface area (Å²) in [5.74, 6) is 0.996. The molecule has 1 aliphatic rings. The molecule has 0 amide bonds. The number of anilines is 3. The minimum Gasteiger partial charge on any atom is -0.378 e. The second kappa shape index (κ2) is 6.37. The Kier molecular flexibility index (Phi) is 3.92. The van der Waals surface area contributed by atoms with Crippen LogP contribution in [0.15, 0.2) is 42.9 Å². The standard InChI is InChI=1S/C17H16FN5O/c18-12-3-4-13-14(10-12)20-11-21-16(13)22-17-15(2-1-5-19-17)23-6-8-24-9-7-23/h1-5,10-11H,6-9H2,(H,19,20,21,22). The van der Waals surface area contributed by atoms with E-state index in [4.69, 9.17) is 4.74 Å². The summed E-state index contributed by atoms with van der Waals surface area (Å²) in [6.07, 6.45) is 3.15. The van der Waals surface area contributed by atoms with E-state index in [1.807, 2.05) is 12.1 Å². The van der Waals surface area contributed by atoms with Crippen LogP contribution in [0.3, 0.4) is 0 Å². The number of hydrogen-bond donors (Lipinski definition) is 1. The quantitative estimate of drug-likeness (QED) is 0.799. The average molecular weight is 325 g/mol. The Morgan fingerprint density at radius 1 is 1.04 bits per heavy atom. The summed E-state index contributed by atoms with van der Waals surface area (Å²) >= 11 is 0. The summed E-state index contributed by atoms with van der Waals surface area (Å²) < 4.78 is 18.8. The van der Waals surface area contributed by atoms with Crippen molar-refractivity contribution in [2.75, 3.05) is 36.5 Å². The zero-order chi connectivity index (χ0) is 16.4. The summed E-state index contributed by atoms with van der Waals surface area (Å²) in [7, 11) is 0. The van der Waals surface area contributed by atoms with Crippen LogP contribution in [0.25, 0.3) is 10.9 Å². The number of rotatable bonds is 3. The van der Waals surface area contributed by atoms with Crippen LogP contribution in [0.2, 0.25) is 0 Å². The molecule has 1 aliphatic heterocycles. The van der Waals surface area contributed by atoms with Gasteiger partial charge in [0, 0.05) is 30.7 Å². The zero-order valence-corrected chi connectivity index (χ0v) is 12.9. The van der Waals surface area contributed by atoms with Crippen LogP contribution in [-0.4, -0.2) is 41.3 Å². The lowest BCUT2D eigenvalue weighted by Crippen LogP contribution is -2.36. The van der Waals surface area contributed by atoms with Crippen LogP contribution in [0.4, 0.5) is 21.7 Å². The Hall–Kier alpha value is -2.80. The summed E-state index contributed by atoms with van der Waals surface area (Å²) in [6.45, 7) is 3.03. The molecule has 1 N–H and O–H groups in total. The molecule has 6 nitrogen and oxygen atoms in total. The monoisotopic (exact) mass is 325 g/mol. The van der Waals surface area contributed by atoms with Crippen molar-refractivity contribution in [1.82, 2.24) is 15.0 Å². The Bertz CT molecular complexity index is 866. The van der Waals surface area contributed by atoms with Gasteiger partial charge in [0.2, 0.25) is 0 Å². The van der Waals surface area contributed by atoms with Crippen LogP contribution in [-0.2, 0) is 4.74 Å². The molecule has 0 radical (unpaired) electrons. The van der Waals surface area contributed by atoms with Crippen molar-refractivity contribution in [3.05, 3.63) is 48.7 Å². The molecule has 0 saturated carbocycles. The van der Waals surface area contributed by atoms with E-state index < -0.39 is 0 Å². The van der Waals surface area contributed by atoms with Crippen LogP contribution in [0.5, 0.6) is 0 Å². The molecule has 1 saturated heterocycles. The first-order valence-corrected chi connectivity index (χ1v) is 7.76. The van der Waals surface area contributed by atoms with Crippen molar-refractivity contribution >= 4 is 28.2 Å². The Balaban J connectivity index is 1.71. The van der Waals surface area contributed by atoms with E-state index in [0.717, 1.165) is 24.2 Å². The molecular weight excluding hydrogens is 309 g/mol. The van der Waals surface area contributed by atoms with Gasteiger partial charge in [-0.25, -0.2) is 19.3 Å². The number of halogens is 1. The van der Waals surface area contributed by atoms with E-state index in [1.54, 1.807) is 12.3 Å². The third-order valence-electron chi connectivity index (χ3n) is 3.97. The molecule has 122 valence electrons. The van der Waals surface area contributed by atoms with Crippen molar-refractivity contribution in [1.29, 1.82) is 0 Å². The molecule has 7 heteroatoms. The summed E-state index contributed by atoms with van der Waals surface area (Å²) in [6, 6.07) is 8.39. The first kappa shape index (κ1) is 14.8. The molecular formula is C17H16FN5O. The van der Waals surface area contributed by atoms with Crippen molar-refractivity contribution in [3.8, 4) is 0 Å². The fraction of sp³-hybridized carbons (Fsp3) is 0.235. The zero-order valence-electron chi connectivity index (χ0n) is 12.9. The van der Waals surface area contributed by atoms with Gasteiger partial charge in [-0.1, -0.05) is 0 Å². The van der Waals surface area contributed by atoms with Gasteiger partial charge in [0.25, 0.3) is 0 Å². The van der Waals surface area contributed by atoms with Gasteiger partial charge in [-0.3, -0.25) is 0 Å². The van der Waals surface area contributed by atoms with E-state index in [9.17, 15) is 4.39 Å². The van der Waals surface area contributed by atoms with Gasteiger partial charge in [-0.15, -0.1) is 0 Å². The molecule has 0 atom stereocenters. The highest BCUT2D eigenvalue weighted by molar-refractivity contribution is 5.91. The molecule has 0 bridgehead atoms. The van der Waals surface area contributed by atoms with Gasteiger partial charge in [-0.2, -0.15) is 0 Å². The number of pyridine rings is 1. The number of morpholine rings is 1. The van der Waals surface area contributed by atoms with Gasteiger partial charge in [0.05, 0.1) is 24.4 Å². The molecule has 0 spiro atoms. The maximum Gasteiger partial charge on any atom is 0.155 e. The highest BCUT2D eigenvalue weighted by atomic mass is 19.1. The number of hydrogen-bond acceptors (Lipinski definition) is 6. The minimum atomic E-state index is -0.320. The van der Waals surface area contributed by atoms with Gasteiger partial charge in [-0.05, 0) is 24.3 Å². The van der Waals surface area contributed by atoms with E-state index >= 15 is 0 Å². The van der Waals surface area contributed by atoms with E-state index in [1.165, 1.54) is 18.5 Å². The van der Waals surface area contributed by atoms with Crippen molar-refractivity contribution in [2.24, 2.45) is 0 Å². The highest BCUT2D eigenvalue weighted by Crippen LogP contribution is 2.29. The predicted octanol–water partition coefficient (Wildman–Crippen LogP) is 2.74. The molecule has 3 heterocycles. The lowest BCUT2D eigenvalue weighted by molar-refractivity contribution is 0.122. The fourth-order valence-electron chi connectivity index (χ4n) is 2.79. The smallest absolute Gasteiger partial charge is 0.155 e. The lowest BCUT2D eigenvalue weighted by Gasteiger charge is -2.30. The van der Waals surface area contributed by atoms with Gasteiger partial charge >= 0.3 is 0 Å². The van der Waals surface area contributed by atoms with Crippen LogP contribution in [0, 0.1) is 5.82 Å². The molecule has 24 heavy (non-hydrogen) atoms. The molecule has 1 aromatic carbocycles. The Morgan fingerprint density at radius 2 is 1.92 bits per heavy atom. The van der Waals surface area contributed by atoms with E-state index in [0.29, 0.717) is 30.4 Å². The summed E-state index contributed by atoms with van der Waals surface area (Å²) in [5, 5.41) is 4.01. The average Bonchev–Trinajstić information content (AvgIpc) is 2.63. The number of fused-ring (bicyclic) bond motifs is 1. The maximum atomic E-state index is 13.4. The van der Waals surface area contributed by atoms with Crippen LogP contribution >= 0.6 is 0 Å². The maximum absolute atomic E-state index is 13.4. The second-order valence-corrected chi connectivity index (χ2v) is 5.48. The Labute approximate surface area is 138 Å². The minimum absolute atomic E-state index is 0.320. The molecule has 4 rings (SSSR count). The fourth-order valence-corrected chi connectivity index (χ4v) is 2.79. The highest BCUT2D eigenvalue weighted by Gasteiger charge is 2.16. The van der Waals surface area contributed by atoms with Gasteiger partial charge in [0.15, 0.2) is 5.82 Å². The van der Waals surface area contributed by atoms with Gasteiger partial charge in [0.1, 0.15) is 18.0 Å². The molecule has 3 aromatic rings. The normalized spacial score (nSPS) is 14.8. The first-order valence-electron chi connectivity index (χ1n) is 7.76. The van der Waals surface area contributed by atoms with Crippen molar-refractivity contribution in [2.45, 2.75) is 0 Å². The van der Waals surface area contributed by atoms with E-state index in [-0.39, 0.29) is 5.82 Å². The number of nitrogens with one attached hydrogen (secondary N) is 1. The number of nitrogens with zero attached hydrogens (tertiary/aromatic N) is 4.